The zero-order chi connectivity index (χ0) is 18.3. The number of nitrogens with two attached hydrogens (primary N) is 1. The molecular weight excluding hydrogens is 353 g/mol. The number of aromatic nitrogens is 2. The van der Waals surface area contributed by atoms with Gasteiger partial charge >= 0.3 is 0 Å². The highest BCUT2D eigenvalue weighted by molar-refractivity contribution is 7.90. The third kappa shape index (κ3) is 2.83. The van der Waals surface area contributed by atoms with Gasteiger partial charge in [0.25, 0.3) is 10.0 Å². The monoisotopic (exact) mass is 371 g/mol. The summed E-state index contributed by atoms with van der Waals surface area (Å²) in [6.45, 7) is 0. The minimum atomic E-state index is -3.93. The SMILES string of the molecule is NC1CC=C(c2cn(S(=O)(=O)c3cccc(F)c3)c3cccnc23)CC1. The van der Waals surface area contributed by atoms with Gasteiger partial charge in [-0.1, -0.05) is 12.1 Å². The van der Waals surface area contributed by atoms with Crippen LogP contribution >= 0.6 is 0 Å². The van der Waals surface area contributed by atoms with Crippen molar-refractivity contribution < 1.29 is 12.8 Å². The van der Waals surface area contributed by atoms with E-state index in [4.69, 9.17) is 5.73 Å². The highest BCUT2D eigenvalue weighted by Gasteiger charge is 2.24. The summed E-state index contributed by atoms with van der Waals surface area (Å²) in [6.07, 6.45) is 7.65. The summed E-state index contributed by atoms with van der Waals surface area (Å²) in [6, 6.07) is 8.55. The fourth-order valence-corrected chi connectivity index (χ4v) is 4.69. The summed E-state index contributed by atoms with van der Waals surface area (Å²) in [5.74, 6) is -0.593. The van der Waals surface area contributed by atoms with E-state index in [2.05, 4.69) is 11.1 Å². The summed E-state index contributed by atoms with van der Waals surface area (Å²) in [7, 11) is -3.93. The molecule has 7 heteroatoms. The van der Waals surface area contributed by atoms with Gasteiger partial charge in [-0.05, 0) is 55.2 Å². The zero-order valence-corrected chi connectivity index (χ0v) is 14.8. The highest BCUT2D eigenvalue weighted by Crippen LogP contribution is 2.33. The Bertz CT molecular complexity index is 1120. The predicted octanol–water partition coefficient (Wildman–Crippen LogP) is 3.31. The van der Waals surface area contributed by atoms with Crippen LogP contribution in [0, 0.1) is 5.82 Å². The number of hydrogen-bond acceptors (Lipinski definition) is 4. The van der Waals surface area contributed by atoms with Crippen molar-refractivity contribution in [3.05, 3.63) is 66.2 Å². The van der Waals surface area contributed by atoms with Crippen molar-refractivity contribution in [2.75, 3.05) is 0 Å². The van der Waals surface area contributed by atoms with Crippen LogP contribution in [0.25, 0.3) is 16.6 Å². The van der Waals surface area contributed by atoms with Gasteiger partial charge in [0, 0.05) is 24.0 Å². The number of allylic oxidation sites excluding steroid dienone is 1. The minimum Gasteiger partial charge on any atom is -0.327 e. The van der Waals surface area contributed by atoms with Gasteiger partial charge in [-0.2, -0.15) is 0 Å². The number of pyridine rings is 1. The lowest BCUT2D eigenvalue weighted by molar-refractivity contribution is 0.584. The van der Waals surface area contributed by atoms with E-state index >= 15 is 0 Å². The Morgan fingerprint density at radius 1 is 1.23 bits per heavy atom. The van der Waals surface area contributed by atoms with Gasteiger partial charge in [-0.3, -0.25) is 4.98 Å². The number of hydrogen-bond donors (Lipinski definition) is 1. The highest BCUT2D eigenvalue weighted by atomic mass is 32.2. The number of halogens is 1. The lowest BCUT2D eigenvalue weighted by Crippen LogP contribution is -2.21. The summed E-state index contributed by atoms with van der Waals surface area (Å²) < 4.78 is 40.9. The first-order valence-electron chi connectivity index (χ1n) is 8.39. The average molecular weight is 371 g/mol. The van der Waals surface area contributed by atoms with E-state index in [9.17, 15) is 12.8 Å². The quantitative estimate of drug-likeness (QED) is 0.766. The van der Waals surface area contributed by atoms with Gasteiger partial charge in [0.05, 0.1) is 15.9 Å². The lowest BCUT2D eigenvalue weighted by atomic mass is 9.92. The molecule has 26 heavy (non-hydrogen) atoms. The molecule has 0 radical (unpaired) electrons. The number of nitrogens with zero attached hydrogens (tertiary/aromatic N) is 2. The first kappa shape index (κ1) is 16.9. The van der Waals surface area contributed by atoms with Gasteiger partial charge in [0.2, 0.25) is 0 Å². The molecule has 1 atom stereocenters. The average Bonchev–Trinajstić information content (AvgIpc) is 3.03. The maximum absolute atomic E-state index is 13.6. The Kier molecular flexibility index (Phi) is 4.13. The van der Waals surface area contributed by atoms with Gasteiger partial charge in [-0.25, -0.2) is 16.8 Å². The molecule has 1 aliphatic rings. The van der Waals surface area contributed by atoms with E-state index in [1.807, 2.05) is 0 Å². The second-order valence-corrected chi connectivity index (χ2v) is 8.25. The van der Waals surface area contributed by atoms with E-state index in [0.717, 1.165) is 36.5 Å². The maximum Gasteiger partial charge on any atom is 0.268 e. The molecule has 0 bridgehead atoms. The molecule has 134 valence electrons. The fraction of sp³-hybridized carbons (Fsp3) is 0.211. The van der Waals surface area contributed by atoms with Crippen molar-refractivity contribution in [3.63, 3.8) is 0 Å². The Hall–Kier alpha value is -2.51. The van der Waals surface area contributed by atoms with Crippen molar-refractivity contribution in [1.29, 1.82) is 0 Å². The van der Waals surface area contributed by atoms with Gasteiger partial charge < -0.3 is 5.73 Å². The normalized spacial score (nSPS) is 18.1. The lowest BCUT2D eigenvalue weighted by Gasteiger charge is -2.17. The smallest absolute Gasteiger partial charge is 0.268 e. The number of fused-ring (bicyclic) bond motifs is 1. The Morgan fingerprint density at radius 3 is 2.81 bits per heavy atom. The van der Waals surface area contributed by atoms with Gasteiger partial charge in [-0.15, -0.1) is 0 Å². The molecule has 1 aromatic carbocycles. The topological polar surface area (TPSA) is 78.0 Å². The van der Waals surface area contributed by atoms with Crippen molar-refractivity contribution in [2.45, 2.75) is 30.2 Å². The number of rotatable bonds is 3. The minimum absolute atomic E-state index is 0.0931. The molecule has 2 heterocycles. The molecule has 0 saturated carbocycles. The summed E-state index contributed by atoms with van der Waals surface area (Å²) >= 11 is 0. The van der Waals surface area contributed by atoms with Crippen molar-refractivity contribution >= 4 is 26.6 Å². The molecule has 0 aliphatic heterocycles. The summed E-state index contributed by atoms with van der Waals surface area (Å²) in [5.41, 5.74) is 8.88. The first-order chi connectivity index (χ1) is 12.5. The third-order valence-electron chi connectivity index (χ3n) is 4.68. The summed E-state index contributed by atoms with van der Waals surface area (Å²) in [4.78, 5) is 4.30. The Labute approximate surface area is 151 Å². The largest absolute Gasteiger partial charge is 0.327 e. The standard InChI is InChI=1S/C19H18FN3O2S/c20-14-3-1-4-16(11-14)26(24,25)23-12-17(13-6-8-15(21)9-7-13)19-18(23)5-2-10-22-19/h1-6,10-12,15H,7-9,21H2. The van der Waals surface area contributed by atoms with Gasteiger partial charge in [0.15, 0.2) is 0 Å². The van der Waals surface area contributed by atoms with E-state index in [1.54, 1.807) is 24.5 Å². The molecule has 1 aliphatic carbocycles. The van der Waals surface area contributed by atoms with Crippen LogP contribution in [0.1, 0.15) is 24.8 Å². The Morgan fingerprint density at radius 2 is 2.08 bits per heavy atom. The molecular formula is C19H18FN3O2S. The third-order valence-corrected chi connectivity index (χ3v) is 6.35. The van der Waals surface area contributed by atoms with Crippen LogP contribution < -0.4 is 5.73 Å². The summed E-state index contributed by atoms with van der Waals surface area (Å²) in [5, 5.41) is 0. The van der Waals surface area contributed by atoms with Crippen LogP contribution in [0.5, 0.6) is 0 Å². The molecule has 2 aromatic heterocycles. The second-order valence-electron chi connectivity index (χ2n) is 6.44. The predicted molar refractivity (Wildman–Crippen MR) is 98.5 cm³/mol. The van der Waals surface area contributed by atoms with Gasteiger partial charge in [0.1, 0.15) is 5.82 Å². The zero-order valence-electron chi connectivity index (χ0n) is 14.0. The maximum atomic E-state index is 13.6. The Balaban J connectivity index is 1.92. The molecule has 2 N–H and O–H groups in total. The molecule has 0 saturated heterocycles. The first-order valence-corrected chi connectivity index (χ1v) is 9.83. The van der Waals surface area contributed by atoms with Crippen LogP contribution in [-0.2, 0) is 10.0 Å². The van der Waals surface area contributed by atoms with Crippen LogP contribution in [0.2, 0.25) is 0 Å². The van der Waals surface area contributed by atoms with Crippen molar-refractivity contribution in [1.82, 2.24) is 8.96 Å². The molecule has 0 fully saturated rings. The van der Waals surface area contributed by atoms with E-state index in [0.29, 0.717) is 11.0 Å². The van der Waals surface area contributed by atoms with Crippen LogP contribution in [-0.4, -0.2) is 23.4 Å². The van der Waals surface area contributed by atoms with Crippen LogP contribution in [0.4, 0.5) is 4.39 Å². The molecule has 0 spiro atoms. The van der Waals surface area contributed by atoms with Crippen LogP contribution in [0.3, 0.4) is 0 Å². The molecule has 0 amide bonds. The van der Waals surface area contributed by atoms with Crippen molar-refractivity contribution in [3.8, 4) is 0 Å². The van der Waals surface area contributed by atoms with E-state index in [-0.39, 0.29) is 10.9 Å². The van der Waals surface area contributed by atoms with Crippen molar-refractivity contribution in [2.24, 2.45) is 5.73 Å². The number of benzene rings is 1. The fourth-order valence-electron chi connectivity index (χ4n) is 3.30. The second kappa shape index (κ2) is 6.34. The molecule has 3 aromatic rings. The molecule has 4 rings (SSSR count). The molecule has 5 nitrogen and oxygen atoms in total. The van der Waals surface area contributed by atoms with E-state index < -0.39 is 15.8 Å². The van der Waals surface area contributed by atoms with E-state index in [1.165, 1.54) is 22.2 Å². The molecule has 1 unspecified atom stereocenters. The van der Waals surface area contributed by atoms with Crippen LogP contribution in [0.15, 0.2) is 59.8 Å².